The summed E-state index contributed by atoms with van der Waals surface area (Å²) in [5.74, 6) is 0.757. The topological polar surface area (TPSA) is 55.7 Å². The number of rotatable bonds is 3. The van der Waals surface area contributed by atoms with E-state index in [9.17, 15) is 0 Å². The largest absolute Gasteiger partial charge is 0.495 e. The van der Waals surface area contributed by atoms with Crippen LogP contribution in [-0.2, 0) is 6.54 Å². The maximum atomic E-state index is 5.29. The number of pyridine rings is 1. The number of fused-ring (bicyclic) bond motifs is 2. The van der Waals surface area contributed by atoms with Gasteiger partial charge in [0.25, 0.3) is 0 Å². The van der Waals surface area contributed by atoms with E-state index in [1.807, 2.05) is 18.6 Å². The van der Waals surface area contributed by atoms with E-state index in [0.29, 0.717) is 0 Å². The summed E-state index contributed by atoms with van der Waals surface area (Å²) in [6.07, 6.45) is 5.59. The van der Waals surface area contributed by atoms with Crippen molar-refractivity contribution in [3.8, 4) is 16.9 Å². The lowest BCUT2D eigenvalue weighted by Gasteiger charge is -2.04. The molecule has 4 rings (SSSR count). The summed E-state index contributed by atoms with van der Waals surface area (Å²) >= 11 is 0. The van der Waals surface area contributed by atoms with Gasteiger partial charge in [0.15, 0.2) is 0 Å². The maximum Gasteiger partial charge on any atom is 0.138 e. The van der Waals surface area contributed by atoms with Crippen LogP contribution in [0.2, 0.25) is 0 Å². The van der Waals surface area contributed by atoms with Gasteiger partial charge in [0.05, 0.1) is 30.7 Å². The molecule has 0 fully saturated rings. The van der Waals surface area contributed by atoms with Gasteiger partial charge < -0.3 is 14.3 Å². The summed E-state index contributed by atoms with van der Waals surface area (Å²) < 4.78 is 7.43. The van der Waals surface area contributed by atoms with Crippen LogP contribution in [0.3, 0.4) is 0 Å². The number of nitrogens with zero attached hydrogens (tertiary/aromatic N) is 3. The summed E-state index contributed by atoms with van der Waals surface area (Å²) in [5.41, 5.74) is 5.28. The molecular formula is C17H16N4O. The van der Waals surface area contributed by atoms with Crippen molar-refractivity contribution >= 4 is 22.1 Å². The van der Waals surface area contributed by atoms with Crippen LogP contribution < -0.4 is 4.74 Å². The molecule has 1 aromatic carbocycles. The van der Waals surface area contributed by atoms with Crippen LogP contribution in [0.25, 0.3) is 33.2 Å². The van der Waals surface area contributed by atoms with Crippen molar-refractivity contribution in [2.24, 2.45) is 0 Å². The highest BCUT2D eigenvalue weighted by Crippen LogP contribution is 2.31. The zero-order valence-corrected chi connectivity index (χ0v) is 12.5. The fourth-order valence-corrected chi connectivity index (χ4v) is 2.81. The molecule has 0 aliphatic heterocycles. The second-order valence-corrected chi connectivity index (χ2v) is 5.21. The number of nitrogens with one attached hydrogen (secondary N) is 1. The van der Waals surface area contributed by atoms with Crippen molar-refractivity contribution in [1.29, 1.82) is 0 Å². The maximum absolute atomic E-state index is 5.29. The predicted molar refractivity (Wildman–Crippen MR) is 87.0 cm³/mol. The van der Waals surface area contributed by atoms with E-state index in [4.69, 9.17) is 4.74 Å². The highest BCUT2D eigenvalue weighted by atomic mass is 16.5. The molecule has 1 N–H and O–H groups in total. The number of imidazole rings is 1. The van der Waals surface area contributed by atoms with Gasteiger partial charge in [-0.3, -0.25) is 0 Å². The number of benzene rings is 1. The molecule has 0 atom stereocenters. The first kappa shape index (κ1) is 12.9. The van der Waals surface area contributed by atoms with E-state index < -0.39 is 0 Å². The van der Waals surface area contributed by atoms with Gasteiger partial charge in [-0.05, 0) is 30.7 Å². The summed E-state index contributed by atoms with van der Waals surface area (Å²) in [6, 6.07) is 8.34. The van der Waals surface area contributed by atoms with Crippen LogP contribution in [-0.4, -0.2) is 26.6 Å². The van der Waals surface area contributed by atoms with Crippen molar-refractivity contribution in [1.82, 2.24) is 19.5 Å². The lowest BCUT2D eigenvalue weighted by atomic mass is 10.1. The summed E-state index contributed by atoms with van der Waals surface area (Å²) in [6.45, 7) is 3.03. The molecule has 0 saturated carbocycles. The number of aryl methyl sites for hydroxylation is 1. The number of aromatic nitrogens is 4. The smallest absolute Gasteiger partial charge is 0.138 e. The van der Waals surface area contributed by atoms with Crippen molar-refractivity contribution < 1.29 is 4.74 Å². The molecule has 4 aromatic rings. The molecule has 0 radical (unpaired) electrons. The fraction of sp³-hybridized carbons (Fsp3) is 0.176. The highest BCUT2D eigenvalue weighted by molar-refractivity contribution is 5.96. The van der Waals surface area contributed by atoms with E-state index in [1.165, 1.54) is 0 Å². The number of hydrogen-bond acceptors (Lipinski definition) is 3. The molecule has 22 heavy (non-hydrogen) atoms. The molecule has 0 aliphatic carbocycles. The Labute approximate surface area is 127 Å². The summed E-state index contributed by atoms with van der Waals surface area (Å²) in [7, 11) is 1.65. The van der Waals surface area contributed by atoms with Crippen LogP contribution in [0.4, 0.5) is 0 Å². The van der Waals surface area contributed by atoms with Gasteiger partial charge in [0.2, 0.25) is 0 Å². The third-order valence-electron chi connectivity index (χ3n) is 4.01. The molecule has 3 aromatic heterocycles. The van der Waals surface area contributed by atoms with Crippen molar-refractivity contribution in [3.63, 3.8) is 0 Å². The number of methoxy groups -OCH3 is 1. The van der Waals surface area contributed by atoms with Crippen LogP contribution in [0.5, 0.6) is 5.75 Å². The molecule has 0 saturated heterocycles. The van der Waals surface area contributed by atoms with E-state index in [0.717, 1.165) is 45.5 Å². The number of aromatic amines is 1. The van der Waals surface area contributed by atoms with Gasteiger partial charge in [-0.2, -0.15) is 0 Å². The molecule has 0 spiro atoms. The Balaban J connectivity index is 1.94. The lowest BCUT2D eigenvalue weighted by molar-refractivity contribution is 0.414. The average Bonchev–Trinajstić information content (AvgIpc) is 3.17. The van der Waals surface area contributed by atoms with Crippen LogP contribution >= 0.6 is 0 Å². The molecule has 0 aliphatic rings. The standard InChI is InChI=1S/C17H16N4O/c1-3-21-10-20-15-5-4-11(6-16(15)21)14-9-19-17-13(14)7-12(22-2)8-18-17/h4-10H,3H2,1-2H3,(H,18,19). The average molecular weight is 292 g/mol. The Kier molecular flexibility index (Phi) is 2.85. The van der Waals surface area contributed by atoms with Gasteiger partial charge in [0.1, 0.15) is 11.4 Å². The first-order valence-corrected chi connectivity index (χ1v) is 7.26. The highest BCUT2D eigenvalue weighted by Gasteiger charge is 2.10. The summed E-state index contributed by atoms with van der Waals surface area (Å²) in [5, 5.41) is 1.06. The number of ether oxygens (including phenoxy) is 1. The minimum absolute atomic E-state index is 0.757. The zero-order chi connectivity index (χ0) is 15.1. The van der Waals surface area contributed by atoms with Crippen LogP contribution in [0, 0.1) is 0 Å². The first-order valence-electron chi connectivity index (χ1n) is 7.26. The van der Waals surface area contributed by atoms with E-state index in [2.05, 4.69) is 44.6 Å². The quantitative estimate of drug-likeness (QED) is 0.627. The molecule has 0 unspecified atom stereocenters. The van der Waals surface area contributed by atoms with Gasteiger partial charge in [-0.25, -0.2) is 9.97 Å². The molecule has 0 amide bonds. The Hall–Kier alpha value is -2.82. The van der Waals surface area contributed by atoms with Crippen LogP contribution in [0.15, 0.2) is 43.0 Å². The van der Waals surface area contributed by atoms with E-state index >= 15 is 0 Å². The van der Waals surface area contributed by atoms with Crippen LogP contribution in [0.1, 0.15) is 6.92 Å². The SMILES string of the molecule is CCn1cnc2ccc(-c3c[nH]c4ncc(OC)cc34)cc21. The molecule has 5 heteroatoms. The zero-order valence-electron chi connectivity index (χ0n) is 12.5. The minimum Gasteiger partial charge on any atom is -0.495 e. The van der Waals surface area contributed by atoms with Gasteiger partial charge >= 0.3 is 0 Å². The second kappa shape index (κ2) is 4.87. The molecular weight excluding hydrogens is 276 g/mol. The number of H-pyrrole nitrogens is 1. The normalized spacial score (nSPS) is 11.4. The molecule has 110 valence electrons. The fourth-order valence-electron chi connectivity index (χ4n) is 2.81. The summed E-state index contributed by atoms with van der Waals surface area (Å²) in [4.78, 5) is 12.0. The Morgan fingerprint density at radius 2 is 2.14 bits per heavy atom. The minimum atomic E-state index is 0.757. The molecule has 3 heterocycles. The van der Waals surface area contributed by atoms with E-state index in [-0.39, 0.29) is 0 Å². The number of hydrogen-bond donors (Lipinski definition) is 1. The Morgan fingerprint density at radius 3 is 2.95 bits per heavy atom. The Bertz CT molecular complexity index is 967. The van der Waals surface area contributed by atoms with Crippen molar-refractivity contribution in [2.75, 3.05) is 7.11 Å². The first-order chi connectivity index (χ1) is 10.8. The van der Waals surface area contributed by atoms with Gasteiger partial charge in [0, 0.05) is 23.7 Å². The van der Waals surface area contributed by atoms with Gasteiger partial charge in [-0.1, -0.05) is 6.07 Å². The van der Waals surface area contributed by atoms with Crippen molar-refractivity contribution in [2.45, 2.75) is 13.5 Å². The van der Waals surface area contributed by atoms with E-state index in [1.54, 1.807) is 13.3 Å². The van der Waals surface area contributed by atoms with Gasteiger partial charge in [-0.15, -0.1) is 0 Å². The monoisotopic (exact) mass is 292 g/mol. The Morgan fingerprint density at radius 1 is 1.23 bits per heavy atom. The van der Waals surface area contributed by atoms with Crippen molar-refractivity contribution in [3.05, 3.63) is 43.0 Å². The lowest BCUT2D eigenvalue weighted by Crippen LogP contribution is -1.90. The third kappa shape index (κ3) is 1.86. The molecule has 0 bridgehead atoms. The predicted octanol–water partition coefficient (Wildman–Crippen LogP) is 3.61. The molecule has 5 nitrogen and oxygen atoms in total. The second-order valence-electron chi connectivity index (χ2n) is 5.21. The third-order valence-corrected chi connectivity index (χ3v) is 4.01.